The molecule has 0 aliphatic heterocycles. The molecule has 0 atom stereocenters. The third kappa shape index (κ3) is 1.69. The molecule has 0 spiro atoms. The van der Waals surface area contributed by atoms with Crippen LogP contribution in [0.2, 0.25) is 5.02 Å². The lowest BCUT2D eigenvalue weighted by molar-refractivity contribution is 0.191. The predicted molar refractivity (Wildman–Crippen MR) is 43.4 cm³/mol. The summed E-state index contributed by atoms with van der Waals surface area (Å²) in [4.78, 5) is 0. The van der Waals surface area contributed by atoms with Crippen molar-refractivity contribution >= 4 is 24.9 Å². The Morgan fingerprint density at radius 3 is 2.75 bits per heavy atom. The maximum absolute atomic E-state index is 12.9. The van der Waals surface area contributed by atoms with Gasteiger partial charge >= 0.3 is 0 Å². The summed E-state index contributed by atoms with van der Waals surface area (Å²) in [7, 11) is 5.18. The van der Waals surface area contributed by atoms with Gasteiger partial charge in [0.25, 0.3) is 0 Å². The molecule has 1 aromatic carbocycles. The zero-order valence-corrected chi connectivity index (χ0v) is 6.74. The third-order valence-electron chi connectivity index (χ3n) is 1.29. The van der Waals surface area contributed by atoms with Gasteiger partial charge < -0.3 is 4.74 Å². The van der Waals surface area contributed by atoms with Gasteiger partial charge in [-0.05, 0) is 6.07 Å². The zero-order valence-electron chi connectivity index (χ0n) is 5.98. The lowest BCUT2D eigenvalue weighted by Gasteiger charge is -2.05. The van der Waals surface area contributed by atoms with E-state index in [-0.39, 0.29) is 16.2 Å². The van der Waals surface area contributed by atoms with Gasteiger partial charge in [-0.2, -0.15) is 0 Å². The van der Waals surface area contributed by atoms with Crippen molar-refractivity contribution in [1.82, 2.24) is 0 Å². The van der Waals surface area contributed by atoms with Crippen LogP contribution in [0.15, 0.2) is 12.1 Å². The van der Waals surface area contributed by atoms with Gasteiger partial charge in [-0.25, -0.2) is 8.78 Å². The van der Waals surface area contributed by atoms with Crippen molar-refractivity contribution < 1.29 is 13.5 Å². The highest BCUT2D eigenvalue weighted by Crippen LogP contribution is 2.25. The number of ether oxygens (including phenoxy) is 1. The second kappa shape index (κ2) is 3.76. The SMILES string of the molecule is [B]c1ccc(OCF)c(Cl)c1F. The van der Waals surface area contributed by atoms with Crippen LogP contribution in [0.5, 0.6) is 5.75 Å². The summed E-state index contributed by atoms with van der Waals surface area (Å²) in [5.74, 6) is -0.839. The lowest BCUT2D eigenvalue weighted by Crippen LogP contribution is -2.09. The van der Waals surface area contributed by atoms with Crippen molar-refractivity contribution in [1.29, 1.82) is 0 Å². The van der Waals surface area contributed by atoms with Crippen molar-refractivity contribution in [3.63, 3.8) is 0 Å². The monoisotopic (exact) mass is 188 g/mol. The molecule has 1 rings (SSSR count). The predicted octanol–water partition coefficient (Wildman–Crippen LogP) is 1.58. The van der Waals surface area contributed by atoms with E-state index in [1.54, 1.807) is 0 Å². The highest BCUT2D eigenvalue weighted by atomic mass is 35.5. The Hall–Kier alpha value is -0.765. The molecule has 0 fully saturated rings. The first-order valence-corrected chi connectivity index (χ1v) is 3.47. The van der Waals surface area contributed by atoms with E-state index >= 15 is 0 Å². The molecule has 0 amide bonds. The first-order valence-electron chi connectivity index (χ1n) is 3.09. The van der Waals surface area contributed by atoms with Crippen molar-refractivity contribution in [2.45, 2.75) is 0 Å². The van der Waals surface area contributed by atoms with E-state index < -0.39 is 12.7 Å². The highest BCUT2D eigenvalue weighted by molar-refractivity contribution is 6.37. The summed E-state index contributed by atoms with van der Waals surface area (Å²) in [6.45, 7) is -1.05. The van der Waals surface area contributed by atoms with Gasteiger partial charge in [0.2, 0.25) is 6.86 Å². The molecule has 0 heterocycles. The molecule has 0 aliphatic rings. The van der Waals surface area contributed by atoms with Crippen LogP contribution in [0.4, 0.5) is 8.78 Å². The van der Waals surface area contributed by atoms with Crippen LogP contribution in [0, 0.1) is 5.82 Å². The lowest BCUT2D eigenvalue weighted by atomic mass is 9.96. The van der Waals surface area contributed by atoms with Crippen molar-refractivity contribution in [3.8, 4) is 5.75 Å². The van der Waals surface area contributed by atoms with Gasteiger partial charge in [0.05, 0.1) is 0 Å². The minimum Gasteiger partial charge on any atom is -0.461 e. The fraction of sp³-hybridized carbons (Fsp3) is 0.143. The maximum Gasteiger partial charge on any atom is 0.228 e. The summed E-state index contributed by atoms with van der Waals surface area (Å²) in [6, 6.07) is 2.56. The molecule has 0 saturated heterocycles. The number of halogens is 3. The molecule has 12 heavy (non-hydrogen) atoms. The van der Waals surface area contributed by atoms with E-state index in [4.69, 9.17) is 19.4 Å². The van der Waals surface area contributed by atoms with Crippen molar-refractivity contribution in [2.24, 2.45) is 0 Å². The number of rotatable bonds is 2. The van der Waals surface area contributed by atoms with Crippen LogP contribution in [-0.2, 0) is 0 Å². The fourth-order valence-corrected chi connectivity index (χ4v) is 0.944. The number of alkyl halides is 1. The van der Waals surface area contributed by atoms with Crippen LogP contribution in [0.1, 0.15) is 0 Å². The number of hydrogen-bond donors (Lipinski definition) is 0. The molecular weight excluding hydrogens is 184 g/mol. The Bertz CT molecular complexity index is 293. The summed E-state index contributed by atoms with van der Waals surface area (Å²) in [5.41, 5.74) is -0.0915. The zero-order chi connectivity index (χ0) is 9.14. The van der Waals surface area contributed by atoms with Crippen LogP contribution < -0.4 is 10.2 Å². The summed E-state index contributed by atoms with van der Waals surface area (Å²) in [6.07, 6.45) is 0. The topological polar surface area (TPSA) is 9.23 Å². The average molecular weight is 188 g/mol. The van der Waals surface area contributed by atoms with Gasteiger partial charge in [0, 0.05) is 0 Å². The average Bonchev–Trinajstić information content (AvgIpc) is 2.07. The van der Waals surface area contributed by atoms with Crippen molar-refractivity contribution in [3.05, 3.63) is 23.0 Å². The second-order valence-electron chi connectivity index (χ2n) is 2.03. The van der Waals surface area contributed by atoms with Crippen LogP contribution in [0.25, 0.3) is 0 Å². The summed E-state index contributed by atoms with van der Waals surface area (Å²) in [5, 5.41) is -0.298. The Balaban J connectivity index is 3.08. The normalized spacial score (nSPS) is 9.92. The van der Waals surface area contributed by atoms with E-state index in [1.165, 1.54) is 12.1 Å². The molecule has 0 unspecified atom stereocenters. The maximum atomic E-state index is 12.9. The standard InChI is InChI=1S/C7H4BClF2O/c8-4-1-2-5(12-3-10)6(9)7(4)11/h1-2H,3H2. The van der Waals surface area contributed by atoms with E-state index in [2.05, 4.69) is 4.74 Å². The van der Waals surface area contributed by atoms with Gasteiger partial charge in [-0.15, -0.1) is 0 Å². The Labute approximate surface area is 74.7 Å². The molecule has 1 aromatic rings. The summed E-state index contributed by atoms with van der Waals surface area (Å²) >= 11 is 5.43. The minimum absolute atomic E-state index is 0.0501. The van der Waals surface area contributed by atoms with Gasteiger partial charge in [0.1, 0.15) is 24.4 Å². The molecular formula is C7H4BClF2O. The Morgan fingerprint density at radius 1 is 1.50 bits per heavy atom. The third-order valence-corrected chi connectivity index (χ3v) is 1.64. The van der Waals surface area contributed by atoms with E-state index in [9.17, 15) is 8.78 Å². The van der Waals surface area contributed by atoms with Crippen LogP contribution in [0.3, 0.4) is 0 Å². The Kier molecular flexibility index (Phi) is 2.92. The minimum atomic E-state index is -1.05. The fourth-order valence-electron chi connectivity index (χ4n) is 0.717. The largest absolute Gasteiger partial charge is 0.461 e. The smallest absolute Gasteiger partial charge is 0.228 e. The van der Waals surface area contributed by atoms with E-state index in [1.807, 2.05) is 0 Å². The molecule has 0 bridgehead atoms. The van der Waals surface area contributed by atoms with Crippen LogP contribution >= 0.6 is 11.6 Å². The van der Waals surface area contributed by atoms with Gasteiger partial charge in [0.15, 0.2) is 0 Å². The van der Waals surface area contributed by atoms with E-state index in [0.717, 1.165) is 0 Å². The van der Waals surface area contributed by atoms with Crippen LogP contribution in [-0.4, -0.2) is 14.7 Å². The second-order valence-corrected chi connectivity index (χ2v) is 2.41. The quantitative estimate of drug-likeness (QED) is 0.640. The van der Waals surface area contributed by atoms with E-state index in [0.29, 0.717) is 0 Å². The molecule has 62 valence electrons. The van der Waals surface area contributed by atoms with Crippen molar-refractivity contribution in [2.75, 3.05) is 6.86 Å². The number of benzene rings is 1. The highest BCUT2D eigenvalue weighted by Gasteiger charge is 2.08. The molecule has 5 heteroatoms. The molecule has 1 nitrogen and oxygen atoms in total. The molecule has 0 N–H and O–H groups in total. The Morgan fingerprint density at radius 2 is 2.17 bits per heavy atom. The molecule has 0 aromatic heterocycles. The molecule has 2 radical (unpaired) electrons. The first kappa shape index (κ1) is 9.32. The van der Waals surface area contributed by atoms with Gasteiger partial charge in [-0.1, -0.05) is 23.1 Å². The molecule has 0 saturated carbocycles. The number of hydrogen-bond acceptors (Lipinski definition) is 1. The van der Waals surface area contributed by atoms with Gasteiger partial charge in [-0.3, -0.25) is 0 Å². The summed E-state index contributed by atoms with van der Waals surface area (Å²) < 4.78 is 28.9. The molecule has 0 aliphatic carbocycles. The first-order chi connectivity index (χ1) is 5.66.